The van der Waals surface area contributed by atoms with Crippen molar-refractivity contribution >= 4 is 5.97 Å². The predicted octanol–water partition coefficient (Wildman–Crippen LogP) is 1.97. The van der Waals surface area contributed by atoms with Crippen LogP contribution in [0.4, 0.5) is 0 Å². The van der Waals surface area contributed by atoms with Gasteiger partial charge in [-0.2, -0.15) is 0 Å². The lowest BCUT2D eigenvalue weighted by Crippen LogP contribution is -2.56. The van der Waals surface area contributed by atoms with Gasteiger partial charge in [0.1, 0.15) is 0 Å². The van der Waals surface area contributed by atoms with Crippen molar-refractivity contribution in [3.63, 3.8) is 0 Å². The molecule has 2 fully saturated rings. The summed E-state index contributed by atoms with van der Waals surface area (Å²) in [7, 11) is 4.90. The Morgan fingerprint density at radius 3 is 2.00 bits per heavy atom. The van der Waals surface area contributed by atoms with Crippen LogP contribution >= 0.6 is 0 Å². The largest absolute Gasteiger partial charge is 0.469 e. The van der Waals surface area contributed by atoms with E-state index >= 15 is 0 Å². The van der Waals surface area contributed by atoms with E-state index in [0.29, 0.717) is 11.8 Å². The Hall–Kier alpha value is -0.610. The quantitative estimate of drug-likeness (QED) is 0.560. The van der Waals surface area contributed by atoms with Crippen molar-refractivity contribution in [3.05, 3.63) is 0 Å². The van der Waals surface area contributed by atoms with Crippen LogP contribution in [0.2, 0.25) is 0 Å². The average Bonchev–Trinajstić information content (AvgIpc) is 2.35. The van der Waals surface area contributed by atoms with Crippen LogP contribution in [-0.4, -0.2) is 33.1 Å². The molecule has 2 bridgehead atoms. The molecule has 0 aliphatic heterocycles. The summed E-state index contributed by atoms with van der Waals surface area (Å²) in [6.45, 7) is 0. The first-order chi connectivity index (χ1) is 8.17. The van der Waals surface area contributed by atoms with Crippen LogP contribution in [0.5, 0.6) is 0 Å². The van der Waals surface area contributed by atoms with Crippen molar-refractivity contribution in [3.8, 4) is 0 Å². The van der Waals surface area contributed by atoms with E-state index in [1.165, 1.54) is 13.5 Å². The summed E-state index contributed by atoms with van der Waals surface area (Å²) in [4.78, 5) is 11.7. The molecule has 2 rings (SSSR count). The molecular weight excluding hydrogens is 220 g/mol. The van der Waals surface area contributed by atoms with E-state index in [0.717, 1.165) is 25.7 Å². The molecule has 0 aromatic heterocycles. The molecule has 0 spiro atoms. The fourth-order valence-electron chi connectivity index (χ4n) is 3.80. The molecule has 2 saturated carbocycles. The normalized spacial score (nSPS) is 35.4. The van der Waals surface area contributed by atoms with Gasteiger partial charge in [-0.15, -0.1) is 0 Å². The maximum absolute atomic E-state index is 11.7. The number of hydrogen-bond donors (Lipinski definition) is 0. The van der Waals surface area contributed by atoms with E-state index in [2.05, 4.69) is 0 Å². The van der Waals surface area contributed by atoms with Crippen LogP contribution in [0, 0.1) is 17.8 Å². The van der Waals surface area contributed by atoms with Gasteiger partial charge in [-0.05, 0) is 25.7 Å². The molecule has 4 heteroatoms. The fourth-order valence-corrected chi connectivity index (χ4v) is 3.80. The predicted molar refractivity (Wildman–Crippen MR) is 62.3 cm³/mol. The Kier molecular flexibility index (Phi) is 3.73. The summed E-state index contributed by atoms with van der Waals surface area (Å²) in [6.07, 6.45) is 5.00. The Morgan fingerprint density at radius 1 is 1.06 bits per heavy atom. The second-order valence-electron chi connectivity index (χ2n) is 5.15. The highest BCUT2D eigenvalue weighted by molar-refractivity contribution is 5.72. The Morgan fingerprint density at radius 2 is 1.59 bits per heavy atom. The minimum atomic E-state index is -0.469. The van der Waals surface area contributed by atoms with Gasteiger partial charge >= 0.3 is 5.97 Å². The highest BCUT2D eigenvalue weighted by atomic mass is 16.7. The van der Waals surface area contributed by atoms with Gasteiger partial charge in [0, 0.05) is 26.1 Å². The van der Waals surface area contributed by atoms with Crippen LogP contribution in [0.25, 0.3) is 0 Å². The fraction of sp³-hybridized carbons (Fsp3) is 0.923. The van der Waals surface area contributed by atoms with E-state index in [9.17, 15) is 4.79 Å². The molecular formula is C13H22O4. The highest BCUT2D eigenvalue weighted by Gasteiger charge is 2.54. The third-order valence-electron chi connectivity index (χ3n) is 4.55. The summed E-state index contributed by atoms with van der Waals surface area (Å²) in [5, 5.41) is 0. The molecule has 2 aliphatic carbocycles. The minimum absolute atomic E-state index is 0.0220. The van der Waals surface area contributed by atoms with Gasteiger partial charge in [0.25, 0.3) is 0 Å². The second-order valence-corrected chi connectivity index (χ2v) is 5.15. The average molecular weight is 242 g/mol. The topological polar surface area (TPSA) is 44.8 Å². The lowest BCUT2D eigenvalue weighted by molar-refractivity contribution is -0.300. The molecule has 0 heterocycles. The highest BCUT2D eigenvalue weighted by Crippen LogP contribution is 2.51. The zero-order valence-corrected chi connectivity index (χ0v) is 10.9. The molecule has 0 aromatic carbocycles. The Labute approximate surface area is 103 Å². The number of fused-ring (bicyclic) bond motifs is 2. The molecule has 0 amide bonds. The molecule has 2 aliphatic rings. The minimum Gasteiger partial charge on any atom is -0.469 e. The lowest BCUT2D eigenvalue weighted by Gasteiger charge is -2.52. The third kappa shape index (κ3) is 1.97. The van der Waals surface area contributed by atoms with Gasteiger partial charge in [0.15, 0.2) is 5.79 Å². The number of carbonyl (C=O) groups excluding carboxylic acids is 1. The molecule has 0 aromatic rings. The van der Waals surface area contributed by atoms with Crippen LogP contribution < -0.4 is 0 Å². The first-order valence-corrected chi connectivity index (χ1v) is 6.36. The summed E-state index contributed by atoms with van der Waals surface area (Å²) < 4.78 is 16.2. The second kappa shape index (κ2) is 4.94. The van der Waals surface area contributed by atoms with Crippen LogP contribution in [0.1, 0.15) is 32.1 Å². The molecule has 4 nitrogen and oxygen atoms in total. The molecule has 1 unspecified atom stereocenters. The number of rotatable bonds is 3. The SMILES string of the molecule is COC(=O)C1C[C@H]2CCC[C@@H](C1)C2(OC)OC. The van der Waals surface area contributed by atoms with Gasteiger partial charge in [0.2, 0.25) is 0 Å². The Bertz CT molecular complexity index is 269. The first-order valence-electron chi connectivity index (χ1n) is 6.36. The number of esters is 1. The van der Waals surface area contributed by atoms with Crippen molar-refractivity contribution in [1.82, 2.24) is 0 Å². The standard InChI is InChI=1S/C13H22O4/c1-15-12(14)9-7-10-5-4-6-11(8-9)13(10,16-2)17-3/h9-11H,4-8H2,1-3H3/t9?,10-,11+. The van der Waals surface area contributed by atoms with Gasteiger partial charge in [0.05, 0.1) is 13.0 Å². The van der Waals surface area contributed by atoms with E-state index in [1.807, 2.05) is 0 Å². The molecule has 3 atom stereocenters. The lowest BCUT2D eigenvalue weighted by atomic mass is 9.63. The van der Waals surface area contributed by atoms with Crippen molar-refractivity contribution in [2.45, 2.75) is 37.9 Å². The van der Waals surface area contributed by atoms with E-state index in [4.69, 9.17) is 14.2 Å². The summed E-state index contributed by atoms with van der Waals surface area (Å²) >= 11 is 0. The van der Waals surface area contributed by atoms with Crippen molar-refractivity contribution in [2.24, 2.45) is 17.8 Å². The van der Waals surface area contributed by atoms with Gasteiger partial charge in [-0.1, -0.05) is 6.42 Å². The van der Waals surface area contributed by atoms with Gasteiger partial charge in [-0.3, -0.25) is 4.79 Å². The molecule has 17 heavy (non-hydrogen) atoms. The van der Waals surface area contributed by atoms with Crippen molar-refractivity contribution in [1.29, 1.82) is 0 Å². The summed E-state index contributed by atoms with van der Waals surface area (Å²) in [6, 6.07) is 0. The van der Waals surface area contributed by atoms with E-state index < -0.39 is 5.79 Å². The molecule has 0 saturated heterocycles. The van der Waals surface area contributed by atoms with Crippen LogP contribution in [0.3, 0.4) is 0 Å². The van der Waals surface area contributed by atoms with Crippen LogP contribution in [0.15, 0.2) is 0 Å². The molecule has 0 radical (unpaired) electrons. The van der Waals surface area contributed by atoms with E-state index in [1.54, 1.807) is 14.2 Å². The van der Waals surface area contributed by atoms with Gasteiger partial charge in [-0.25, -0.2) is 0 Å². The third-order valence-corrected chi connectivity index (χ3v) is 4.55. The first kappa shape index (κ1) is 12.8. The van der Waals surface area contributed by atoms with Crippen molar-refractivity contribution < 1.29 is 19.0 Å². The summed E-state index contributed by atoms with van der Waals surface area (Å²) in [5.74, 6) is 0.0996. The van der Waals surface area contributed by atoms with Gasteiger partial charge < -0.3 is 14.2 Å². The monoisotopic (exact) mass is 242 g/mol. The maximum Gasteiger partial charge on any atom is 0.308 e. The van der Waals surface area contributed by atoms with E-state index in [-0.39, 0.29) is 11.9 Å². The Balaban J connectivity index is 2.19. The zero-order chi connectivity index (χ0) is 12.5. The molecule has 0 N–H and O–H groups in total. The number of hydrogen-bond acceptors (Lipinski definition) is 4. The molecule has 98 valence electrons. The maximum atomic E-state index is 11.7. The smallest absolute Gasteiger partial charge is 0.308 e. The van der Waals surface area contributed by atoms with Crippen molar-refractivity contribution in [2.75, 3.05) is 21.3 Å². The number of carbonyl (C=O) groups is 1. The van der Waals surface area contributed by atoms with Crippen LogP contribution in [-0.2, 0) is 19.0 Å². The number of ether oxygens (including phenoxy) is 3. The number of methoxy groups -OCH3 is 3. The summed E-state index contributed by atoms with van der Waals surface area (Å²) in [5.41, 5.74) is 0. The zero-order valence-electron chi connectivity index (χ0n) is 10.9.